The Balaban J connectivity index is 1.91. The van der Waals surface area contributed by atoms with E-state index in [2.05, 4.69) is 10.6 Å². The summed E-state index contributed by atoms with van der Waals surface area (Å²) in [4.78, 5) is 26.3. The fourth-order valence-corrected chi connectivity index (χ4v) is 2.64. The van der Waals surface area contributed by atoms with Crippen LogP contribution in [0.1, 0.15) is 18.4 Å². The molecule has 0 radical (unpaired) electrons. The number of rotatable bonds is 6. The van der Waals surface area contributed by atoms with Crippen LogP contribution < -0.4 is 10.6 Å². The molecule has 1 heterocycles. The molecule has 0 bridgehead atoms. The van der Waals surface area contributed by atoms with E-state index in [9.17, 15) is 9.59 Å². The molecule has 1 saturated heterocycles. The lowest BCUT2D eigenvalue weighted by atomic mass is 10.1. The standard InChI is InChI=1S/C16H23N3O2/c1-17-9-10-18-16(21)14-8-5-11-19(14)15(20)12-13-6-3-2-4-7-13/h2-4,6-7,14,17H,5,8-12H2,1H3,(H,18,21). The normalized spacial score (nSPS) is 17.8. The summed E-state index contributed by atoms with van der Waals surface area (Å²) in [5.41, 5.74) is 0.990. The number of carbonyl (C=O) groups is 2. The molecule has 1 aliphatic heterocycles. The molecule has 2 amide bonds. The van der Waals surface area contributed by atoms with Crippen molar-refractivity contribution in [3.8, 4) is 0 Å². The zero-order valence-electron chi connectivity index (χ0n) is 12.5. The minimum Gasteiger partial charge on any atom is -0.353 e. The first-order chi connectivity index (χ1) is 10.2. The molecule has 1 unspecified atom stereocenters. The number of nitrogens with one attached hydrogen (secondary N) is 2. The van der Waals surface area contributed by atoms with E-state index >= 15 is 0 Å². The molecule has 5 nitrogen and oxygen atoms in total. The maximum Gasteiger partial charge on any atom is 0.242 e. The molecule has 0 spiro atoms. The van der Waals surface area contributed by atoms with Crippen molar-refractivity contribution < 1.29 is 9.59 Å². The van der Waals surface area contributed by atoms with Crippen LogP contribution in [0.2, 0.25) is 0 Å². The highest BCUT2D eigenvalue weighted by Gasteiger charge is 2.33. The first kappa shape index (κ1) is 15.5. The van der Waals surface area contributed by atoms with E-state index in [4.69, 9.17) is 0 Å². The van der Waals surface area contributed by atoms with Gasteiger partial charge in [0.15, 0.2) is 0 Å². The number of amides is 2. The van der Waals surface area contributed by atoms with Crippen LogP contribution in [0.15, 0.2) is 30.3 Å². The molecule has 5 heteroatoms. The molecule has 114 valence electrons. The molecule has 21 heavy (non-hydrogen) atoms. The van der Waals surface area contributed by atoms with Gasteiger partial charge in [-0.25, -0.2) is 0 Å². The third-order valence-electron chi connectivity index (χ3n) is 3.75. The van der Waals surface area contributed by atoms with Gasteiger partial charge in [-0.1, -0.05) is 30.3 Å². The molecule has 0 saturated carbocycles. The van der Waals surface area contributed by atoms with Crippen LogP contribution in [-0.2, 0) is 16.0 Å². The van der Waals surface area contributed by atoms with Crippen LogP contribution in [0.5, 0.6) is 0 Å². The van der Waals surface area contributed by atoms with Crippen LogP contribution in [0, 0.1) is 0 Å². The fourth-order valence-electron chi connectivity index (χ4n) is 2.64. The monoisotopic (exact) mass is 289 g/mol. The van der Waals surface area contributed by atoms with E-state index in [0.717, 1.165) is 24.9 Å². The Morgan fingerprint density at radius 3 is 2.71 bits per heavy atom. The van der Waals surface area contributed by atoms with Gasteiger partial charge < -0.3 is 15.5 Å². The number of carbonyl (C=O) groups excluding carboxylic acids is 2. The summed E-state index contributed by atoms with van der Waals surface area (Å²) < 4.78 is 0. The van der Waals surface area contributed by atoms with Gasteiger partial charge in [-0.15, -0.1) is 0 Å². The average Bonchev–Trinajstić information content (AvgIpc) is 2.98. The molecule has 2 N–H and O–H groups in total. The topological polar surface area (TPSA) is 61.4 Å². The van der Waals surface area contributed by atoms with Crippen molar-refractivity contribution in [2.75, 3.05) is 26.7 Å². The molecule has 1 fully saturated rings. The Morgan fingerprint density at radius 2 is 2.00 bits per heavy atom. The highest BCUT2D eigenvalue weighted by atomic mass is 16.2. The third kappa shape index (κ3) is 4.29. The number of likely N-dealkylation sites (N-methyl/N-ethyl adjacent to an activating group) is 1. The molecule has 1 aliphatic rings. The molecule has 1 aromatic carbocycles. The molecular formula is C16H23N3O2. The van der Waals surface area contributed by atoms with E-state index in [0.29, 0.717) is 19.5 Å². The second-order valence-corrected chi connectivity index (χ2v) is 5.30. The summed E-state index contributed by atoms with van der Waals surface area (Å²) in [6.45, 7) is 2.00. The Bertz CT molecular complexity index is 476. The Hall–Kier alpha value is -1.88. The number of hydrogen-bond donors (Lipinski definition) is 2. The largest absolute Gasteiger partial charge is 0.353 e. The van der Waals surface area contributed by atoms with E-state index in [1.54, 1.807) is 4.90 Å². The van der Waals surface area contributed by atoms with Crippen molar-refractivity contribution in [3.63, 3.8) is 0 Å². The Morgan fingerprint density at radius 1 is 1.24 bits per heavy atom. The molecular weight excluding hydrogens is 266 g/mol. The first-order valence-electron chi connectivity index (χ1n) is 7.48. The molecule has 1 aromatic rings. The van der Waals surface area contributed by atoms with Gasteiger partial charge in [0.05, 0.1) is 6.42 Å². The van der Waals surface area contributed by atoms with Crippen molar-refractivity contribution in [2.24, 2.45) is 0 Å². The smallest absolute Gasteiger partial charge is 0.242 e. The number of nitrogens with zero attached hydrogens (tertiary/aromatic N) is 1. The summed E-state index contributed by atoms with van der Waals surface area (Å²) in [5, 5.41) is 5.86. The average molecular weight is 289 g/mol. The number of hydrogen-bond acceptors (Lipinski definition) is 3. The summed E-state index contributed by atoms with van der Waals surface area (Å²) in [6.07, 6.45) is 2.01. The van der Waals surface area contributed by atoms with Crippen molar-refractivity contribution in [1.29, 1.82) is 0 Å². The summed E-state index contributed by atoms with van der Waals surface area (Å²) >= 11 is 0. The van der Waals surface area contributed by atoms with Crippen LogP contribution >= 0.6 is 0 Å². The Labute approximate surface area is 125 Å². The predicted molar refractivity (Wildman–Crippen MR) is 81.8 cm³/mol. The van der Waals surface area contributed by atoms with Gasteiger partial charge >= 0.3 is 0 Å². The van der Waals surface area contributed by atoms with Gasteiger partial charge in [-0.2, -0.15) is 0 Å². The van der Waals surface area contributed by atoms with Gasteiger partial charge in [0.2, 0.25) is 11.8 Å². The molecule has 0 aromatic heterocycles. The number of benzene rings is 1. The first-order valence-corrected chi connectivity index (χ1v) is 7.48. The van der Waals surface area contributed by atoms with Crippen molar-refractivity contribution in [2.45, 2.75) is 25.3 Å². The van der Waals surface area contributed by atoms with Crippen LogP contribution in [0.25, 0.3) is 0 Å². The lowest BCUT2D eigenvalue weighted by Crippen LogP contribution is -2.47. The maximum atomic E-state index is 12.4. The highest BCUT2D eigenvalue weighted by Crippen LogP contribution is 2.18. The lowest BCUT2D eigenvalue weighted by Gasteiger charge is -2.24. The van der Waals surface area contributed by atoms with Crippen LogP contribution in [0.3, 0.4) is 0 Å². The minimum atomic E-state index is -0.307. The molecule has 0 aliphatic carbocycles. The second-order valence-electron chi connectivity index (χ2n) is 5.30. The van der Waals surface area contributed by atoms with Crippen LogP contribution in [0.4, 0.5) is 0 Å². The molecule has 1 atom stereocenters. The van der Waals surface area contributed by atoms with E-state index in [1.165, 1.54) is 0 Å². The van der Waals surface area contributed by atoms with E-state index < -0.39 is 0 Å². The zero-order valence-corrected chi connectivity index (χ0v) is 12.5. The summed E-state index contributed by atoms with van der Waals surface area (Å²) in [6, 6.07) is 9.36. The number of likely N-dealkylation sites (tertiary alicyclic amines) is 1. The van der Waals surface area contributed by atoms with Crippen molar-refractivity contribution in [1.82, 2.24) is 15.5 Å². The highest BCUT2D eigenvalue weighted by molar-refractivity contribution is 5.89. The Kier molecular flexibility index (Phi) is 5.75. The van der Waals surface area contributed by atoms with Crippen molar-refractivity contribution in [3.05, 3.63) is 35.9 Å². The third-order valence-corrected chi connectivity index (χ3v) is 3.75. The lowest BCUT2D eigenvalue weighted by molar-refractivity contribution is -0.137. The minimum absolute atomic E-state index is 0.0347. The quantitative estimate of drug-likeness (QED) is 0.752. The second kappa shape index (κ2) is 7.78. The van der Waals surface area contributed by atoms with Gasteiger partial charge in [-0.3, -0.25) is 9.59 Å². The van der Waals surface area contributed by atoms with Gasteiger partial charge in [0.1, 0.15) is 6.04 Å². The summed E-state index contributed by atoms with van der Waals surface area (Å²) in [7, 11) is 1.84. The summed E-state index contributed by atoms with van der Waals surface area (Å²) in [5.74, 6) is -0.00312. The van der Waals surface area contributed by atoms with Gasteiger partial charge in [0, 0.05) is 19.6 Å². The van der Waals surface area contributed by atoms with E-state index in [-0.39, 0.29) is 17.9 Å². The van der Waals surface area contributed by atoms with Gasteiger partial charge in [0.25, 0.3) is 0 Å². The SMILES string of the molecule is CNCCNC(=O)C1CCCN1C(=O)Cc1ccccc1. The van der Waals surface area contributed by atoms with E-state index in [1.807, 2.05) is 37.4 Å². The maximum absolute atomic E-state index is 12.4. The molecule has 2 rings (SSSR count). The van der Waals surface area contributed by atoms with Crippen LogP contribution in [-0.4, -0.2) is 49.4 Å². The zero-order chi connectivity index (χ0) is 15.1. The van der Waals surface area contributed by atoms with Gasteiger partial charge in [-0.05, 0) is 25.5 Å². The fraction of sp³-hybridized carbons (Fsp3) is 0.500. The van der Waals surface area contributed by atoms with Crippen molar-refractivity contribution >= 4 is 11.8 Å². The predicted octanol–water partition coefficient (Wildman–Crippen LogP) is 0.556.